The molecule has 4 heteroatoms. The number of aryl methyl sites for hydroxylation is 1. The summed E-state index contributed by atoms with van der Waals surface area (Å²) in [5.41, 5.74) is 4.22. The van der Waals surface area contributed by atoms with Crippen LogP contribution in [0.15, 0.2) is 49.1 Å². The van der Waals surface area contributed by atoms with Crippen molar-refractivity contribution >= 4 is 11.0 Å². The molecule has 0 amide bonds. The maximum absolute atomic E-state index is 10.4. The molecule has 19 heavy (non-hydrogen) atoms. The van der Waals surface area contributed by atoms with E-state index in [2.05, 4.69) is 15.0 Å². The number of nitrogens with zero attached hydrogens (tertiary/aromatic N) is 3. The van der Waals surface area contributed by atoms with Gasteiger partial charge in [-0.15, -0.1) is 0 Å². The smallest absolute Gasteiger partial charge is 0.106 e. The molecule has 2 heterocycles. The fourth-order valence-electron chi connectivity index (χ4n) is 2.09. The van der Waals surface area contributed by atoms with E-state index in [1.165, 1.54) is 0 Å². The van der Waals surface area contributed by atoms with Crippen molar-refractivity contribution in [2.75, 3.05) is 0 Å². The zero-order valence-electron chi connectivity index (χ0n) is 10.5. The van der Waals surface area contributed by atoms with E-state index in [4.69, 9.17) is 0 Å². The van der Waals surface area contributed by atoms with Gasteiger partial charge in [0.25, 0.3) is 0 Å². The van der Waals surface area contributed by atoms with Gasteiger partial charge < -0.3 is 5.11 Å². The molecule has 0 fully saturated rings. The maximum Gasteiger partial charge on any atom is 0.106 e. The van der Waals surface area contributed by atoms with Gasteiger partial charge in [-0.2, -0.15) is 0 Å². The minimum atomic E-state index is -0.694. The summed E-state index contributed by atoms with van der Waals surface area (Å²) in [6.45, 7) is 1.96. The number of hydrogen-bond acceptors (Lipinski definition) is 4. The summed E-state index contributed by atoms with van der Waals surface area (Å²) in [6, 6.07) is 7.49. The Labute approximate surface area is 110 Å². The molecule has 1 N–H and O–H groups in total. The van der Waals surface area contributed by atoms with Crippen molar-refractivity contribution in [2.24, 2.45) is 0 Å². The van der Waals surface area contributed by atoms with Crippen LogP contribution in [0.1, 0.15) is 22.8 Å². The highest BCUT2D eigenvalue weighted by atomic mass is 16.3. The van der Waals surface area contributed by atoms with E-state index in [-0.39, 0.29) is 0 Å². The molecule has 0 saturated heterocycles. The van der Waals surface area contributed by atoms with Crippen LogP contribution in [0.25, 0.3) is 11.0 Å². The van der Waals surface area contributed by atoms with Crippen LogP contribution in [0.4, 0.5) is 0 Å². The summed E-state index contributed by atoms with van der Waals surface area (Å²) in [7, 11) is 0. The molecule has 1 unspecified atom stereocenters. The van der Waals surface area contributed by atoms with Crippen molar-refractivity contribution in [3.63, 3.8) is 0 Å². The lowest BCUT2D eigenvalue weighted by molar-refractivity contribution is 0.219. The molecule has 1 aromatic carbocycles. The average molecular weight is 251 g/mol. The molecule has 2 aromatic heterocycles. The van der Waals surface area contributed by atoms with Crippen molar-refractivity contribution in [1.29, 1.82) is 0 Å². The van der Waals surface area contributed by atoms with Crippen LogP contribution < -0.4 is 0 Å². The molecule has 0 saturated carbocycles. The fourth-order valence-corrected chi connectivity index (χ4v) is 2.09. The third-order valence-electron chi connectivity index (χ3n) is 3.18. The first-order valence-electron chi connectivity index (χ1n) is 6.05. The monoisotopic (exact) mass is 251 g/mol. The van der Waals surface area contributed by atoms with Gasteiger partial charge in [0.2, 0.25) is 0 Å². The first-order valence-corrected chi connectivity index (χ1v) is 6.05. The second-order valence-corrected chi connectivity index (χ2v) is 4.44. The van der Waals surface area contributed by atoms with Gasteiger partial charge in [-0.05, 0) is 36.2 Å². The predicted octanol–water partition coefficient (Wildman–Crippen LogP) is 2.41. The van der Waals surface area contributed by atoms with E-state index in [1.54, 1.807) is 24.8 Å². The first kappa shape index (κ1) is 11.7. The van der Waals surface area contributed by atoms with Crippen molar-refractivity contribution in [3.8, 4) is 0 Å². The quantitative estimate of drug-likeness (QED) is 0.760. The minimum Gasteiger partial charge on any atom is -0.384 e. The first-order chi connectivity index (χ1) is 9.25. The molecule has 4 nitrogen and oxygen atoms in total. The van der Waals surface area contributed by atoms with Gasteiger partial charge >= 0.3 is 0 Å². The summed E-state index contributed by atoms with van der Waals surface area (Å²) < 4.78 is 0. The Bertz CT molecular complexity index is 727. The number of aliphatic hydroxyl groups excluding tert-OH is 1. The van der Waals surface area contributed by atoms with Crippen molar-refractivity contribution < 1.29 is 5.11 Å². The molecule has 0 aliphatic carbocycles. The van der Waals surface area contributed by atoms with Gasteiger partial charge in [-0.3, -0.25) is 15.0 Å². The van der Waals surface area contributed by atoms with Crippen LogP contribution in [0.2, 0.25) is 0 Å². The lowest BCUT2D eigenvalue weighted by Gasteiger charge is -2.13. The lowest BCUT2D eigenvalue weighted by Crippen LogP contribution is -2.02. The van der Waals surface area contributed by atoms with Crippen molar-refractivity contribution in [1.82, 2.24) is 15.0 Å². The van der Waals surface area contributed by atoms with E-state index >= 15 is 0 Å². The predicted molar refractivity (Wildman–Crippen MR) is 72.6 cm³/mol. The number of rotatable bonds is 2. The Hall–Kier alpha value is -2.33. The van der Waals surface area contributed by atoms with Crippen LogP contribution in [0, 0.1) is 6.92 Å². The molecule has 0 aliphatic heterocycles. The highest BCUT2D eigenvalue weighted by Gasteiger charge is 2.13. The van der Waals surface area contributed by atoms with Gasteiger partial charge in [-0.1, -0.05) is 6.07 Å². The van der Waals surface area contributed by atoms with Gasteiger partial charge in [0.1, 0.15) is 6.10 Å². The largest absolute Gasteiger partial charge is 0.384 e. The number of aliphatic hydroxyl groups is 1. The molecule has 1 atom stereocenters. The van der Waals surface area contributed by atoms with E-state index in [0.717, 1.165) is 27.7 Å². The third kappa shape index (κ3) is 2.18. The summed E-state index contributed by atoms with van der Waals surface area (Å²) in [5.74, 6) is 0. The van der Waals surface area contributed by atoms with E-state index < -0.39 is 6.10 Å². The van der Waals surface area contributed by atoms with Crippen LogP contribution in [-0.2, 0) is 0 Å². The van der Waals surface area contributed by atoms with E-state index in [9.17, 15) is 5.11 Å². The van der Waals surface area contributed by atoms with Crippen molar-refractivity contribution in [2.45, 2.75) is 13.0 Å². The van der Waals surface area contributed by atoms with Crippen LogP contribution in [-0.4, -0.2) is 20.1 Å². The van der Waals surface area contributed by atoms with E-state index in [1.807, 2.05) is 31.2 Å². The fraction of sp³-hybridized carbons (Fsp3) is 0.133. The molecular formula is C15H13N3O. The van der Waals surface area contributed by atoms with Crippen LogP contribution in [0.3, 0.4) is 0 Å². The maximum atomic E-state index is 10.4. The number of benzene rings is 1. The summed E-state index contributed by atoms with van der Waals surface area (Å²) >= 11 is 0. The molecule has 3 rings (SSSR count). The van der Waals surface area contributed by atoms with Gasteiger partial charge in [0.05, 0.1) is 11.0 Å². The normalized spacial score (nSPS) is 12.5. The molecular weight excluding hydrogens is 238 g/mol. The second-order valence-electron chi connectivity index (χ2n) is 4.44. The minimum absolute atomic E-state index is 0.694. The molecule has 94 valence electrons. The summed E-state index contributed by atoms with van der Waals surface area (Å²) in [5, 5.41) is 10.4. The Kier molecular flexibility index (Phi) is 2.93. The Balaban J connectivity index is 2.07. The van der Waals surface area contributed by atoms with Gasteiger partial charge in [-0.25, -0.2) is 0 Å². The van der Waals surface area contributed by atoms with Crippen LogP contribution >= 0.6 is 0 Å². The van der Waals surface area contributed by atoms with Gasteiger partial charge in [0, 0.05) is 30.4 Å². The highest BCUT2D eigenvalue weighted by Crippen LogP contribution is 2.25. The molecule has 0 radical (unpaired) electrons. The van der Waals surface area contributed by atoms with Crippen LogP contribution in [0.5, 0.6) is 0 Å². The molecule has 3 aromatic rings. The Morgan fingerprint density at radius 2 is 1.79 bits per heavy atom. The summed E-state index contributed by atoms with van der Waals surface area (Å²) in [6.07, 6.45) is 6.02. The molecule has 0 aliphatic rings. The lowest BCUT2D eigenvalue weighted by atomic mass is 9.99. The third-order valence-corrected chi connectivity index (χ3v) is 3.18. The number of fused-ring (bicyclic) bond motifs is 1. The highest BCUT2D eigenvalue weighted by molar-refractivity contribution is 5.74. The number of hydrogen-bond donors (Lipinski definition) is 1. The van der Waals surface area contributed by atoms with Crippen molar-refractivity contribution in [3.05, 3.63) is 65.7 Å². The average Bonchev–Trinajstić information content (AvgIpc) is 2.46. The topological polar surface area (TPSA) is 58.9 Å². The molecule has 0 spiro atoms. The Morgan fingerprint density at radius 3 is 2.58 bits per heavy atom. The Morgan fingerprint density at radius 1 is 1.00 bits per heavy atom. The molecule has 0 bridgehead atoms. The number of pyridine rings is 1. The second kappa shape index (κ2) is 4.74. The summed E-state index contributed by atoms with van der Waals surface area (Å²) in [4.78, 5) is 12.5. The number of aromatic nitrogens is 3. The van der Waals surface area contributed by atoms with E-state index in [0.29, 0.717) is 0 Å². The van der Waals surface area contributed by atoms with Gasteiger partial charge in [0.15, 0.2) is 0 Å². The zero-order valence-corrected chi connectivity index (χ0v) is 10.5. The zero-order chi connectivity index (χ0) is 13.2. The SMILES string of the molecule is Cc1ccncc1C(O)c1ccc2nccnc2c1. The standard InChI is InChI=1S/C15H13N3O/c1-10-4-5-16-9-12(10)15(19)11-2-3-13-14(8-11)18-7-6-17-13/h2-9,15,19H,1H3.